The normalized spacial score (nSPS) is 8.50. The molecule has 6 heteroatoms. The molecule has 0 fully saturated rings. The van der Waals surface area contributed by atoms with Crippen molar-refractivity contribution in [3.63, 3.8) is 0 Å². The van der Waals surface area contributed by atoms with Gasteiger partial charge in [0.15, 0.2) is 0 Å². The summed E-state index contributed by atoms with van der Waals surface area (Å²) in [5, 5.41) is 15.4. The molecule has 0 aliphatic carbocycles. The van der Waals surface area contributed by atoms with Crippen molar-refractivity contribution in [2.24, 2.45) is 0 Å². The maximum absolute atomic E-state index is 9.43. The quantitative estimate of drug-likeness (QED) is 0.212. The minimum atomic E-state index is -1.31. The van der Waals surface area contributed by atoms with Crippen LogP contribution >= 0.6 is 0 Å². The smallest absolute Gasteiger partial charge is 1.00 e. The zero-order chi connectivity index (χ0) is 14.2. The second-order valence-electron chi connectivity index (χ2n) is 4.29. The van der Waals surface area contributed by atoms with Crippen LogP contribution in [0.2, 0.25) is 0 Å². The Hall–Kier alpha value is 1.17. The number of hydrogen-bond acceptors (Lipinski definition) is 2. The zero-order valence-electron chi connectivity index (χ0n) is 14.5. The Morgan fingerprint density at radius 1 is 0.900 bits per heavy atom. The Balaban J connectivity index is -0.0000000762. The van der Waals surface area contributed by atoms with E-state index >= 15 is 0 Å². The van der Waals surface area contributed by atoms with Gasteiger partial charge < -0.3 is 18.6 Å². The molecule has 0 saturated carbocycles. The summed E-state index contributed by atoms with van der Waals surface area (Å²) in [6, 6.07) is 0. The summed E-state index contributed by atoms with van der Waals surface area (Å²) in [6.07, 6.45) is 11.6. The van der Waals surface area contributed by atoms with Crippen LogP contribution in [0, 0.1) is 6.92 Å². The molecule has 4 nitrogen and oxygen atoms in total. The van der Waals surface area contributed by atoms with E-state index in [1.165, 1.54) is 51.4 Å². The minimum absolute atomic E-state index is 0. The molecule has 0 aliphatic rings. The number of carbonyl (C=O) groups is 2. The van der Waals surface area contributed by atoms with Gasteiger partial charge in [0.1, 0.15) is 6.42 Å². The van der Waals surface area contributed by atoms with Gasteiger partial charge in [-0.2, -0.15) is 6.42 Å². The number of hydrogen-bond donors (Lipinski definition) is 2. The van der Waals surface area contributed by atoms with Gasteiger partial charge >= 0.3 is 82.2 Å². The fourth-order valence-electron chi connectivity index (χ4n) is 1.44. The summed E-state index contributed by atoms with van der Waals surface area (Å²) in [4.78, 5) is 18.9. The molecule has 20 heavy (non-hydrogen) atoms. The molecule has 0 saturated heterocycles. The van der Waals surface area contributed by atoms with Gasteiger partial charge in [0.05, 0.1) is 0 Å². The van der Waals surface area contributed by atoms with Gasteiger partial charge in [-0.05, 0) is 0 Å². The third-order valence-electron chi connectivity index (χ3n) is 2.41. The molecule has 0 rings (SSSR count). The molecule has 0 atom stereocenters. The average molecular weight is 306 g/mol. The Morgan fingerprint density at radius 2 is 1.25 bits per heavy atom. The molecule has 0 spiro atoms. The first-order chi connectivity index (χ1) is 8.54. The van der Waals surface area contributed by atoms with E-state index in [0.717, 1.165) is 6.42 Å². The molecule has 2 N–H and O–H groups in total. The van der Waals surface area contributed by atoms with Crippen LogP contribution in [0.25, 0.3) is 0 Å². The molecular formula is C14H28KLiO4. The third-order valence-corrected chi connectivity index (χ3v) is 2.41. The van der Waals surface area contributed by atoms with E-state index in [4.69, 9.17) is 10.2 Å². The fourth-order valence-corrected chi connectivity index (χ4v) is 1.44. The minimum Gasteiger partial charge on any atom is -1.00 e. The van der Waals surface area contributed by atoms with Crippen molar-refractivity contribution in [2.75, 3.05) is 0 Å². The van der Waals surface area contributed by atoms with Crippen LogP contribution in [-0.2, 0) is 9.59 Å². The molecule has 0 unspecified atom stereocenters. The number of carboxylic acids is 2. The summed E-state index contributed by atoms with van der Waals surface area (Å²) in [5.41, 5.74) is 0. The van der Waals surface area contributed by atoms with E-state index < -0.39 is 18.4 Å². The first-order valence-electron chi connectivity index (χ1n) is 6.77. The van der Waals surface area contributed by atoms with Crippen LogP contribution in [-0.4, -0.2) is 22.2 Å². The van der Waals surface area contributed by atoms with E-state index in [0.29, 0.717) is 0 Å². The summed E-state index contributed by atoms with van der Waals surface area (Å²) >= 11 is 0. The standard InChI is InChI=1S/C11H23.C3H4O4.K.Li.H/c1-3-5-7-9-11-10-8-6-4-2;4-2(5)1-3(6)7;;;/h1,3-11H2,2H3;1H2,(H,4,5)(H,6,7);;;/q-1;;2*+1;-1. The Kier molecular flexibility index (Phi) is 36.7. The maximum Gasteiger partial charge on any atom is 1.00 e. The summed E-state index contributed by atoms with van der Waals surface area (Å²) in [6.45, 7) is 6.10. The predicted molar refractivity (Wildman–Crippen MR) is 73.6 cm³/mol. The van der Waals surface area contributed by atoms with E-state index in [-0.39, 0.29) is 71.7 Å². The Labute approximate surface area is 179 Å². The van der Waals surface area contributed by atoms with Gasteiger partial charge in [-0.15, -0.1) is 0 Å². The summed E-state index contributed by atoms with van der Waals surface area (Å²) in [7, 11) is 0. The van der Waals surface area contributed by atoms with Crippen molar-refractivity contribution in [1.29, 1.82) is 0 Å². The molecular weight excluding hydrogens is 278 g/mol. The van der Waals surface area contributed by atoms with Crippen molar-refractivity contribution >= 4 is 11.9 Å². The van der Waals surface area contributed by atoms with Crippen molar-refractivity contribution in [3.8, 4) is 0 Å². The molecule has 0 aliphatic heterocycles. The molecule has 0 aromatic rings. The van der Waals surface area contributed by atoms with Gasteiger partial charge in [-0.3, -0.25) is 9.59 Å². The average Bonchev–Trinajstić information content (AvgIpc) is 2.27. The van der Waals surface area contributed by atoms with Crippen molar-refractivity contribution in [3.05, 3.63) is 6.92 Å². The molecule has 0 heterocycles. The Morgan fingerprint density at radius 3 is 1.50 bits per heavy atom. The number of unbranched alkanes of at least 4 members (excludes halogenated alkanes) is 8. The van der Waals surface area contributed by atoms with Gasteiger partial charge in [-0.25, -0.2) is 0 Å². The van der Waals surface area contributed by atoms with Gasteiger partial charge in [0.2, 0.25) is 0 Å². The number of carboxylic acid groups (broad SMARTS) is 2. The molecule has 0 aromatic heterocycles. The summed E-state index contributed by atoms with van der Waals surface area (Å²) < 4.78 is 0. The molecule has 0 aromatic carbocycles. The third kappa shape index (κ3) is 36.5. The molecule has 110 valence electrons. The van der Waals surface area contributed by atoms with Crippen LogP contribution in [0.1, 0.15) is 72.6 Å². The van der Waals surface area contributed by atoms with Crippen LogP contribution in [0.3, 0.4) is 0 Å². The van der Waals surface area contributed by atoms with Crippen LogP contribution in [0.5, 0.6) is 0 Å². The zero-order valence-corrected chi connectivity index (χ0v) is 16.6. The molecule has 0 bridgehead atoms. The van der Waals surface area contributed by atoms with Gasteiger partial charge in [-0.1, -0.05) is 58.3 Å². The van der Waals surface area contributed by atoms with Crippen LogP contribution in [0.4, 0.5) is 0 Å². The Bertz CT molecular complexity index is 199. The van der Waals surface area contributed by atoms with Crippen molar-refractivity contribution in [2.45, 2.75) is 71.1 Å². The van der Waals surface area contributed by atoms with Crippen LogP contribution in [0.15, 0.2) is 0 Å². The van der Waals surface area contributed by atoms with E-state index in [1.54, 1.807) is 0 Å². The molecule has 0 amide bonds. The second kappa shape index (κ2) is 25.1. The first-order valence-corrected chi connectivity index (χ1v) is 6.77. The van der Waals surface area contributed by atoms with E-state index in [1.807, 2.05) is 0 Å². The number of rotatable bonds is 10. The monoisotopic (exact) mass is 306 g/mol. The van der Waals surface area contributed by atoms with E-state index in [9.17, 15) is 9.59 Å². The maximum atomic E-state index is 9.43. The van der Waals surface area contributed by atoms with E-state index in [2.05, 4.69) is 13.8 Å². The van der Waals surface area contributed by atoms with Gasteiger partial charge in [0.25, 0.3) is 0 Å². The van der Waals surface area contributed by atoms with Crippen molar-refractivity contribution in [1.82, 2.24) is 0 Å². The summed E-state index contributed by atoms with van der Waals surface area (Å²) in [5.74, 6) is -2.62. The SMILES string of the molecule is O=C(O)CC(=O)O.[CH2-]CCCCCCCCCC.[H-].[K+].[Li+]. The van der Waals surface area contributed by atoms with Gasteiger partial charge in [0, 0.05) is 0 Å². The fraction of sp³-hybridized carbons (Fsp3) is 0.786. The number of aliphatic carboxylic acids is 2. The van der Waals surface area contributed by atoms with Crippen molar-refractivity contribution < 1.29 is 91.5 Å². The predicted octanol–water partition coefficient (Wildman–Crippen LogP) is -1.98. The largest absolute Gasteiger partial charge is 1.00 e. The second-order valence-corrected chi connectivity index (χ2v) is 4.29. The topological polar surface area (TPSA) is 74.6 Å². The molecule has 0 radical (unpaired) electrons. The van der Waals surface area contributed by atoms with Crippen LogP contribution < -0.4 is 70.2 Å². The first kappa shape index (κ1) is 29.2.